The maximum atomic E-state index is 11.0. The average molecular weight is 359 g/mol. The van der Waals surface area contributed by atoms with Crippen molar-refractivity contribution in [1.82, 2.24) is 9.97 Å². The normalized spacial score (nSPS) is 10.8. The van der Waals surface area contributed by atoms with E-state index in [9.17, 15) is 4.79 Å². The summed E-state index contributed by atoms with van der Waals surface area (Å²) < 4.78 is 0. The number of hydrogen-bond donors (Lipinski definition) is 0. The number of carbonyl (C=O) groups is 1. The summed E-state index contributed by atoms with van der Waals surface area (Å²) in [6.45, 7) is 2.26. The lowest BCUT2D eigenvalue weighted by atomic mass is 10.0. The van der Waals surface area contributed by atoms with Crippen molar-refractivity contribution in [3.05, 3.63) is 47.8 Å². The molecule has 2 aromatic rings. The molecule has 0 saturated carbocycles. The highest BCUT2D eigenvalue weighted by Gasteiger charge is 2.05. The average Bonchev–Trinajstić information content (AvgIpc) is 2.64. The summed E-state index contributed by atoms with van der Waals surface area (Å²) >= 11 is 5.41. The monoisotopic (exact) mass is 358 g/mol. The zero-order valence-electron chi connectivity index (χ0n) is 15.0. The second-order valence-corrected chi connectivity index (χ2v) is 6.83. The van der Waals surface area contributed by atoms with Crippen LogP contribution in [0.5, 0.6) is 0 Å². The highest BCUT2D eigenvalue weighted by Crippen LogP contribution is 2.17. The van der Waals surface area contributed by atoms with Crippen LogP contribution < -0.4 is 0 Å². The molecule has 25 heavy (non-hydrogen) atoms. The molecular weight excluding hydrogens is 332 g/mol. The number of nitrogens with zero attached hydrogens (tertiary/aromatic N) is 2. The first-order valence-electron chi connectivity index (χ1n) is 9.32. The van der Waals surface area contributed by atoms with Crippen LogP contribution in [0.4, 0.5) is 0 Å². The van der Waals surface area contributed by atoms with Gasteiger partial charge in [-0.2, -0.15) is 0 Å². The molecule has 4 heteroatoms. The van der Waals surface area contributed by atoms with Crippen molar-refractivity contribution in [2.24, 2.45) is 0 Å². The predicted molar refractivity (Wildman–Crippen MR) is 104 cm³/mol. The molecular formula is C21H27ClN2O. The van der Waals surface area contributed by atoms with Crippen LogP contribution in [0.25, 0.3) is 11.4 Å². The highest BCUT2D eigenvalue weighted by molar-refractivity contribution is 6.67. The van der Waals surface area contributed by atoms with Crippen LogP contribution in [0.1, 0.15) is 74.2 Å². The van der Waals surface area contributed by atoms with Crippen LogP contribution in [-0.2, 0) is 6.42 Å². The highest BCUT2D eigenvalue weighted by atomic mass is 35.5. The van der Waals surface area contributed by atoms with Gasteiger partial charge in [-0.15, -0.1) is 0 Å². The number of hydrogen-bond acceptors (Lipinski definition) is 3. The van der Waals surface area contributed by atoms with Gasteiger partial charge in [0.05, 0.1) is 5.56 Å². The van der Waals surface area contributed by atoms with Crippen molar-refractivity contribution in [1.29, 1.82) is 0 Å². The molecule has 134 valence electrons. The first kappa shape index (κ1) is 19.6. The van der Waals surface area contributed by atoms with Crippen LogP contribution in [-0.4, -0.2) is 15.2 Å². The molecule has 1 heterocycles. The van der Waals surface area contributed by atoms with Crippen LogP contribution >= 0.6 is 11.6 Å². The van der Waals surface area contributed by atoms with E-state index in [4.69, 9.17) is 11.6 Å². The summed E-state index contributed by atoms with van der Waals surface area (Å²) in [5.41, 5.74) is 2.62. The number of carbonyl (C=O) groups excluding carboxylic acids is 1. The molecule has 1 aromatic carbocycles. The first-order valence-corrected chi connectivity index (χ1v) is 9.69. The molecule has 0 atom stereocenters. The molecule has 0 amide bonds. The second kappa shape index (κ2) is 11.0. The second-order valence-electron chi connectivity index (χ2n) is 6.49. The topological polar surface area (TPSA) is 42.9 Å². The van der Waals surface area contributed by atoms with E-state index in [0.29, 0.717) is 11.4 Å². The molecule has 0 aliphatic carbocycles. The van der Waals surface area contributed by atoms with Gasteiger partial charge in [0.15, 0.2) is 5.82 Å². The summed E-state index contributed by atoms with van der Waals surface area (Å²) in [7, 11) is 0. The van der Waals surface area contributed by atoms with E-state index < -0.39 is 5.24 Å². The fourth-order valence-corrected chi connectivity index (χ4v) is 2.96. The minimum atomic E-state index is -0.535. The molecule has 1 aromatic heterocycles. The fourth-order valence-electron chi connectivity index (χ4n) is 2.86. The molecule has 0 aliphatic rings. The van der Waals surface area contributed by atoms with Gasteiger partial charge in [-0.1, -0.05) is 76.1 Å². The van der Waals surface area contributed by atoms with Gasteiger partial charge in [-0.3, -0.25) is 4.79 Å². The molecule has 3 nitrogen and oxygen atoms in total. The Morgan fingerprint density at radius 1 is 0.880 bits per heavy atom. The number of aryl methyl sites for hydroxylation is 1. The van der Waals surface area contributed by atoms with Gasteiger partial charge < -0.3 is 0 Å². The van der Waals surface area contributed by atoms with Crippen LogP contribution in [0.2, 0.25) is 0 Å². The van der Waals surface area contributed by atoms with E-state index in [1.807, 2.05) is 12.1 Å². The van der Waals surface area contributed by atoms with Crippen LogP contribution in [0.15, 0.2) is 36.7 Å². The Bertz CT molecular complexity index is 638. The summed E-state index contributed by atoms with van der Waals surface area (Å²) in [5, 5.41) is -0.535. The Balaban J connectivity index is 1.73. The van der Waals surface area contributed by atoms with E-state index >= 15 is 0 Å². The fraction of sp³-hybridized carbons (Fsp3) is 0.476. The lowest BCUT2D eigenvalue weighted by Crippen LogP contribution is -1.95. The van der Waals surface area contributed by atoms with Crippen molar-refractivity contribution < 1.29 is 4.79 Å². The Morgan fingerprint density at radius 2 is 1.44 bits per heavy atom. The number of aromatic nitrogens is 2. The number of unbranched alkanes of at least 4 members (excludes halogenated alkanes) is 7. The summed E-state index contributed by atoms with van der Waals surface area (Å²) in [6.07, 6.45) is 14.8. The van der Waals surface area contributed by atoms with E-state index in [1.54, 1.807) is 0 Å². The number of benzene rings is 1. The van der Waals surface area contributed by atoms with Crippen LogP contribution in [0.3, 0.4) is 0 Å². The van der Waals surface area contributed by atoms with Crippen molar-refractivity contribution in [3.63, 3.8) is 0 Å². The van der Waals surface area contributed by atoms with E-state index in [-0.39, 0.29) is 0 Å². The SMILES string of the molecule is CCCCCCCCCCc1ccc(-c2ncc(C(=O)Cl)cn2)cc1. The quantitative estimate of drug-likeness (QED) is 0.354. The minimum Gasteiger partial charge on any atom is -0.275 e. The van der Waals surface area contributed by atoms with Crippen molar-refractivity contribution in [2.45, 2.75) is 64.7 Å². The smallest absolute Gasteiger partial charge is 0.255 e. The van der Waals surface area contributed by atoms with E-state index in [2.05, 4.69) is 29.0 Å². The zero-order valence-corrected chi connectivity index (χ0v) is 15.8. The molecule has 0 fully saturated rings. The van der Waals surface area contributed by atoms with E-state index in [0.717, 1.165) is 12.0 Å². The summed E-state index contributed by atoms with van der Waals surface area (Å²) in [4.78, 5) is 19.4. The van der Waals surface area contributed by atoms with Gasteiger partial charge in [0.25, 0.3) is 5.24 Å². The Morgan fingerprint density at radius 3 is 2.00 bits per heavy atom. The third-order valence-corrected chi connectivity index (χ3v) is 4.63. The molecule has 2 rings (SSSR count). The number of halogens is 1. The largest absolute Gasteiger partial charge is 0.275 e. The molecule has 0 spiro atoms. The lowest BCUT2D eigenvalue weighted by Gasteiger charge is -2.05. The molecule has 0 radical (unpaired) electrons. The summed E-state index contributed by atoms with van der Waals surface area (Å²) in [5.74, 6) is 0.611. The molecule has 0 unspecified atom stereocenters. The van der Waals surface area contributed by atoms with Gasteiger partial charge >= 0.3 is 0 Å². The molecule has 0 saturated heterocycles. The van der Waals surface area contributed by atoms with Gasteiger partial charge in [0, 0.05) is 18.0 Å². The van der Waals surface area contributed by atoms with Crippen molar-refractivity contribution in [2.75, 3.05) is 0 Å². The molecule has 0 bridgehead atoms. The maximum absolute atomic E-state index is 11.0. The Kier molecular flexibility index (Phi) is 8.61. The zero-order chi connectivity index (χ0) is 17.9. The van der Waals surface area contributed by atoms with Crippen LogP contribution in [0, 0.1) is 0 Å². The van der Waals surface area contributed by atoms with E-state index in [1.165, 1.54) is 69.3 Å². The number of rotatable bonds is 11. The van der Waals surface area contributed by atoms with Crippen molar-refractivity contribution in [3.8, 4) is 11.4 Å². The Labute approximate surface area is 155 Å². The predicted octanol–water partition coefficient (Wildman–Crippen LogP) is 6.21. The lowest BCUT2D eigenvalue weighted by molar-refractivity contribution is 0.108. The molecule has 0 aliphatic heterocycles. The van der Waals surface area contributed by atoms with Gasteiger partial charge in [0.2, 0.25) is 0 Å². The maximum Gasteiger partial charge on any atom is 0.255 e. The Hall–Kier alpha value is -1.74. The third kappa shape index (κ3) is 6.95. The van der Waals surface area contributed by atoms with Gasteiger partial charge in [0.1, 0.15) is 0 Å². The third-order valence-electron chi connectivity index (χ3n) is 4.41. The molecule has 0 N–H and O–H groups in total. The van der Waals surface area contributed by atoms with Gasteiger partial charge in [-0.25, -0.2) is 9.97 Å². The van der Waals surface area contributed by atoms with Crippen molar-refractivity contribution >= 4 is 16.8 Å². The standard InChI is InChI=1S/C21H27ClN2O/c1-2-3-4-5-6-7-8-9-10-17-11-13-18(14-12-17)21-23-15-19(16-24-21)20(22)25/h11-16H,2-10H2,1H3. The van der Waals surface area contributed by atoms with Gasteiger partial charge in [-0.05, 0) is 30.0 Å². The first-order chi connectivity index (χ1) is 12.2. The minimum absolute atomic E-state index is 0.316. The summed E-state index contributed by atoms with van der Waals surface area (Å²) in [6, 6.07) is 8.36.